The van der Waals surface area contributed by atoms with Crippen molar-refractivity contribution in [3.05, 3.63) is 27.5 Å². The average molecular weight is 358 g/mol. The molecular weight excluding hydrogens is 336 g/mol. The number of rotatable bonds is 2. The van der Waals surface area contributed by atoms with E-state index < -0.39 is 0 Å². The predicted molar refractivity (Wildman–Crippen MR) is 100 cm³/mol. The Bertz CT molecular complexity index is 1030. The van der Waals surface area contributed by atoms with Crippen LogP contribution in [0.25, 0.3) is 21.1 Å². The molecule has 0 N–H and O–H groups in total. The van der Waals surface area contributed by atoms with E-state index in [1.807, 2.05) is 16.5 Å². The summed E-state index contributed by atoms with van der Waals surface area (Å²) in [4.78, 5) is 28.5. The molecule has 0 aromatic carbocycles. The van der Waals surface area contributed by atoms with Crippen molar-refractivity contribution in [2.75, 3.05) is 13.1 Å². The number of piperidine rings is 1. The number of likely N-dealkylation sites (tertiary alicyclic amines) is 1. The Hall–Kier alpha value is -2.15. The number of carbonyl (C=O) groups excluding carboxylic acids is 1. The van der Waals surface area contributed by atoms with E-state index in [1.165, 1.54) is 9.56 Å². The van der Waals surface area contributed by atoms with Crippen LogP contribution in [0.4, 0.5) is 0 Å². The second kappa shape index (κ2) is 5.98. The molecule has 132 valence electrons. The fourth-order valence-corrected chi connectivity index (χ4v) is 4.84. The van der Waals surface area contributed by atoms with Crippen LogP contribution in [0.2, 0.25) is 0 Å². The molecule has 1 fully saturated rings. The topological polar surface area (TPSA) is 60.1 Å². The van der Waals surface area contributed by atoms with Gasteiger partial charge in [0.25, 0.3) is 5.56 Å². The van der Waals surface area contributed by atoms with Crippen molar-refractivity contribution in [3.63, 3.8) is 0 Å². The van der Waals surface area contributed by atoms with Crippen LogP contribution in [0, 0.1) is 12.8 Å². The Kier molecular flexibility index (Phi) is 3.91. The Morgan fingerprint density at radius 2 is 2.24 bits per heavy atom. The van der Waals surface area contributed by atoms with Gasteiger partial charge in [-0.1, -0.05) is 6.92 Å². The van der Waals surface area contributed by atoms with Gasteiger partial charge in [0.2, 0.25) is 5.91 Å². The molecule has 1 amide bonds. The van der Waals surface area contributed by atoms with Crippen molar-refractivity contribution in [1.82, 2.24) is 19.2 Å². The fraction of sp³-hybridized carbons (Fsp3) is 0.500. The SMILES string of the molecule is Cc1cc2c(s1)c1cnn(CC(=O)N3CCCC(C)C3)c(=O)c1n2C. The smallest absolute Gasteiger partial charge is 0.291 e. The van der Waals surface area contributed by atoms with Crippen LogP contribution in [0.3, 0.4) is 0 Å². The van der Waals surface area contributed by atoms with Crippen molar-refractivity contribution < 1.29 is 4.79 Å². The van der Waals surface area contributed by atoms with Crippen molar-refractivity contribution >= 4 is 38.4 Å². The molecule has 3 aromatic rings. The highest BCUT2D eigenvalue weighted by molar-refractivity contribution is 7.20. The molecule has 0 spiro atoms. The van der Waals surface area contributed by atoms with E-state index >= 15 is 0 Å². The van der Waals surface area contributed by atoms with Gasteiger partial charge in [0.05, 0.1) is 16.4 Å². The van der Waals surface area contributed by atoms with Gasteiger partial charge in [0.15, 0.2) is 0 Å². The molecule has 7 heteroatoms. The van der Waals surface area contributed by atoms with Gasteiger partial charge in [0.1, 0.15) is 12.1 Å². The molecule has 1 unspecified atom stereocenters. The number of fused-ring (bicyclic) bond motifs is 3. The lowest BCUT2D eigenvalue weighted by Gasteiger charge is -2.30. The molecular formula is C18H22N4O2S. The van der Waals surface area contributed by atoms with Crippen LogP contribution in [0.15, 0.2) is 17.1 Å². The summed E-state index contributed by atoms with van der Waals surface area (Å²) < 4.78 is 4.31. The maximum atomic E-state index is 12.9. The summed E-state index contributed by atoms with van der Waals surface area (Å²) in [5.74, 6) is 0.500. The van der Waals surface area contributed by atoms with E-state index in [0.717, 1.165) is 41.5 Å². The molecule has 0 saturated carbocycles. The molecule has 4 rings (SSSR count). The van der Waals surface area contributed by atoms with Gasteiger partial charge in [-0.3, -0.25) is 9.59 Å². The van der Waals surface area contributed by atoms with Crippen LogP contribution in [0.1, 0.15) is 24.6 Å². The summed E-state index contributed by atoms with van der Waals surface area (Å²) in [7, 11) is 1.90. The van der Waals surface area contributed by atoms with E-state index in [4.69, 9.17) is 0 Å². The number of aryl methyl sites for hydroxylation is 2. The number of amides is 1. The fourth-order valence-electron chi connectivity index (χ4n) is 3.79. The van der Waals surface area contributed by atoms with Crippen LogP contribution in [-0.2, 0) is 18.4 Å². The molecule has 1 aliphatic heterocycles. The van der Waals surface area contributed by atoms with Gasteiger partial charge in [-0.25, -0.2) is 4.68 Å². The first-order chi connectivity index (χ1) is 12.0. The van der Waals surface area contributed by atoms with Crippen LogP contribution >= 0.6 is 11.3 Å². The molecule has 4 heterocycles. The maximum absolute atomic E-state index is 12.9. The minimum Gasteiger partial charge on any atom is -0.341 e. The van der Waals surface area contributed by atoms with Gasteiger partial charge in [-0.05, 0) is 31.7 Å². The lowest BCUT2D eigenvalue weighted by molar-refractivity contribution is -0.133. The maximum Gasteiger partial charge on any atom is 0.291 e. The number of aromatic nitrogens is 3. The summed E-state index contributed by atoms with van der Waals surface area (Å²) in [6.45, 7) is 5.78. The van der Waals surface area contributed by atoms with Crippen LogP contribution in [0.5, 0.6) is 0 Å². The number of nitrogens with zero attached hydrogens (tertiary/aromatic N) is 4. The number of carbonyl (C=O) groups is 1. The molecule has 1 atom stereocenters. The minimum atomic E-state index is -0.195. The second-order valence-corrected chi connectivity index (χ2v) is 8.34. The van der Waals surface area contributed by atoms with Gasteiger partial charge in [-0.15, -0.1) is 11.3 Å². The average Bonchev–Trinajstić information content (AvgIpc) is 3.07. The minimum absolute atomic E-state index is 0.0132. The molecule has 25 heavy (non-hydrogen) atoms. The van der Waals surface area contributed by atoms with Crippen molar-refractivity contribution in [1.29, 1.82) is 0 Å². The summed E-state index contributed by atoms with van der Waals surface area (Å²) in [5.41, 5.74) is 1.47. The third kappa shape index (κ3) is 2.66. The molecule has 0 aliphatic carbocycles. The Labute approximate surface area is 149 Å². The van der Waals surface area contributed by atoms with E-state index in [-0.39, 0.29) is 18.0 Å². The van der Waals surface area contributed by atoms with Crippen LogP contribution in [-0.4, -0.2) is 38.2 Å². The predicted octanol–water partition coefficient (Wildman–Crippen LogP) is 2.52. The van der Waals surface area contributed by atoms with Gasteiger partial charge in [-0.2, -0.15) is 5.10 Å². The molecule has 0 bridgehead atoms. The number of thiophene rings is 1. The largest absolute Gasteiger partial charge is 0.341 e. The first-order valence-electron chi connectivity index (χ1n) is 8.68. The van der Waals surface area contributed by atoms with Gasteiger partial charge < -0.3 is 9.47 Å². The third-order valence-electron chi connectivity index (χ3n) is 5.09. The van der Waals surface area contributed by atoms with Gasteiger partial charge in [0, 0.05) is 30.4 Å². The standard InChI is InChI=1S/C18H22N4O2S/c1-11-5-4-6-21(9-11)15(23)10-22-18(24)16-13(8-19-22)17-14(20(16)3)7-12(2)25-17/h7-8,11H,4-6,9-10H2,1-3H3. The highest BCUT2D eigenvalue weighted by Crippen LogP contribution is 2.32. The normalized spacial score (nSPS) is 18.4. The molecule has 1 aliphatic rings. The summed E-state index contributed by atoms with van der Waals surface area (Å²) in [6.07, 6.45) is 3.91. The highest BCUT2D eigenvalue weighted by atomic mass is 32.1. The second-order valence-electron chi connectivity index (χ2n) is 7.09. The summed E-state index contributed by atoms with van der Waals surface area (Å²) in [5, 5.41) is 5.15. The van der Waals surface area contributed by atoms with E-state index in [0.29, 0.717) is 11.4 Å². The Morgan fingerprint density at radius 3 is 3.00 bits per heavy atom. The first-order valence-corrected chi connectivity index (χ1v) is 9.49. The highest BCUT2D eigenvalue weighted by Gasteiger charge is 2.23. The zero-order chi connectivity index (χ0) is 17.7. The number of hydrogen-bond acceptors (Lipinski definition) is 4. The van der Waals surface area contributed by atoms with Crippen LogP contribution < -0.4 is 5.56 Å². The third-order valence-corrected chi connectivity index (χ3v) is 6.16. The molecule has 3 aromatic heterocycles. The van der Waals surface area contributed by atoms with Crippen molar-refractivity contribution in [3.8, 4) is 0 Å². The Balaban J connectivity index is 1.71. The summed E-state index contributed by atoms with van der Waals surface area (Å²) >= 11 is 1.67. The zero-order valence-corrected chi connectivity index (χ0v) is 15.6. The van der Waals surface area contributed by atoms with Gasteiger partial charge >= 0.3 is 0 Å². The quantitative estimate of drug-likeness (QED) is 0.707. The lowest BCUT2D eigenvalue weighted by Crippen LogP contribution is -2.42. The first kappa shape index (κ1) is 16.3. The zero-order valence-electron chi connectivity index (χ0n) is 14.8. The molecule has 6 nitrogen and oxygen atoms in total. The molecule has 1 saturated heterocycles. The van der Waals surface area contributed by atoms with E-state index in [9.17, 15) is 9.59 Å². The molecule has 0 radical (unpaired) electrons. The van der Waals surface area contributed by atoms with Crippen molar-refractivity contribution in [2.45, 2.75) is 33.2 Å². The van der Waals surface area contributed by atoms with E-state index in [2.05, 4.69) is 25.0 Å². The monoisotopic (exact) mass is 358 g/mol. The van der Waals surface area contributed by atoms with Crippen molar-refractivity contribution in [2.24, 2.45) is 13.0 Å². The Morgan fingerprint density at radius 1 is 1.44 bits per heavy atom. The van der Waals surface area contributed by atoms with E-state index in [1.54, 1.807) is 17.5 Å². The number of hydrogen-bond donors (Lipinski definition) is 0. The summed E-state index contributed by atoms with van der Waals surface area (Å²) in [6, 6.07) is 2.09. The lowest BCUT2D eigenvalue weighted by atomic mass is 10.0.